The van der Waals surface area contributed by atoms with Crippen LogP contribution in [0.15, 0.2) is 47.6 Å². The second kappa shape index (κ2) is 8.95. The van der Waals surface area contributed by atoms with E-state index in [4.69, 9.17) is 4.98 Å². The fraction of sp³-hybridized carbons (Fsp3) is 0.417. The van der Waals surface area contributed by atoms with Gasteiger partial charge in [0.2, 0.25) is 0 Å². The molecule has 11 heteroatoms. The zero-order valence-electron chi connectivity index (χ0n) is 20.1. The lowest BCUT2D eigenvalue weighted by Gasteiger charge is -2.24. The number of rotatable bonds is 6. The first-order chi connectivity index (χ1) is 16.7. The number of carbonyl (C=O) groups excluding carboxylic acids is 1. The molecule has 5 rings (SSSR count). The lowest BCUT2D eigenvalue weighted by molar-refractivity contribution is 0.255. The summed E-state index contributed by atoms with van der Waals surface area (Å²) >= 11 is 0. The van der Waals surface area contributed by atoms with Crippen LogP contribution in [-0.2, 0) is 9.84 Å². The molecule has 0 radical (unpaired) electrons. The molecule has 2 aliphatic heterocycles. The minimum Gasteiger partial charge on any atom is -0.370 e. The molecule has 0 spiro atoms. The normalized spacial score (nSPS) is 16.7. The van der Waals surface area contributed by atoms with Gasteiger partial charge in [-0.15, -0.1) is 10.2 Å². The molecule has 10 nitrogen and oxygen atoms in total. The van der Waals surface area contributed by atoms with Gasteiger partial charge in [-0.25, -0.2) is 18.2 Å². The third-order valence-corrected chi connectivity index (χ3v) is 7.62. The van der Waals surface area contributed by atoms with Gasteiger partial charge in [-0.3, -0.25) is 9.80 Å². The van der Waals surface area contributed by atoms with E-state index in [0.29, 0.717) is 46.7 Å². The van der Waals surface area contributed by atoms with Crippen molar-refractivity contribution >= 4 is 33.1 Å². The van der Waals surface area contributed by atoms with E-state index in [1.807, 2.05) is 42.7 Å². The van der Waals surface area contributed by atoms with Gasteiger partial charge in [-0.1, -0.05) is 6.07 Å². The first kappa shape index (κ1) is 23.3. The van der Waals surface area contributed by atoms with Gasteiger partial charge in [0.15, 0.2) is 15.7 Å². The molecule has 2 saturated heterocycles. The standard InChI is InChI=1S/C24H29N7O3S/c1-17(2)31-16-25-27-23(31)19-7-6-8-22(26-19)30-14-13-29(24(30)32)18-9-10-21(35(3,33)34)20(15-18)28-11-4-5-12-28/h6-10,15-17H,4-5,11-14H2,1-3H3. The first-order valence-electron chi connectivity index (χ1n) is 11.8. The Bertz CT molecular complexity index is 1360. The summed E-state index contributed by atoms with van der Waals surface area (Å²) in [7, 11) is -3.39. The second-order valence-corrected chi connectivity index (χ2v) is 11.2. The predicted octanol–water partition coefficient (Wildman–Crippen LogP) is 3.37. The molecule has 0 atom stereocenters. The Hall–Kier alpha value is -3.47. The van der Waals surface area contributed by atoms with Crippen molar-refractivity contribution < 1.29 is 13.2 Å². The summed E-state index contributed by atoms with van der Waals surface area (Å²) in [6, 6.07) is 10.7. The number of urea groups is 1. The molecule has 2 fully saturated rings. The number of hydrogen-bond donors (Lipinski definition) is 0. The van der Waals surface area contributed by atoms with E-state index in [1.165, 1.54) is 6.26 Å². The fourth-order valence-electron chi connectivity index (χ4n) is 4.68. The number of benzene rings is 1. The van der Waals surface area contributed by atoms with Crippen LogP contribution in [0.2, 0.25) is 0 Å². The highest BCUT2D eigenvalue weighted by molar-refractivity contribution is 7.90. The number of anilines is 3. The summed E-state index contributed by atoms with van der Waals surface area (Å²) in [6.07, 6.45) is 4.95. The van der Waals surface area contributed by atoms with Crippen LogP contribution in [0, 0.1) is 0 Å². The van der Waals surface area contributed by atoms with Crippen LogP contribution < -0.4 is 14.7 Å². The average molecular weight is 496 g/mol. The molecule has 4 heterocycles. The van der Waals surface area contributed by atoms with Gasteiger partial charge in [0.25, 0.3) is 0 Å². The lowest BCUT2D eigenvalue weighted by atomic mass is 10.2. The number of nitrogens with zero attached hydrogens (tertiary/aromatic N) is 7. The quantitative estimate of drug-likeness (QED) is 0.516. The largest absolute Gasteiger partial charge is 0.370 e. The Labute approximate surface area is 205 Å². The van der Waals surface area contributed by atoms with Crippen LogP contribution in [0.1, 0.15) is 32.7 Å². The second-order valence-electron chi connectivity index (χ2n) is 9.24. The van der Waals surface area contributed by atoms with Gasteiger partial charge in [0.1, 0.15) is 17.8 Å². The molecule has 35 heavy (non-hydrogen) atoms. The highest BCUT2D eigenvalue weighted by Gasteiger charge is 2.33. The molecule has 1 aromatic carbocycles. The molecule has 2 amide bonds. The minimum atomic E-state index is -3.39. The van der Waals surface area contributed by atoms with E-state index in [-0.39, 0.29) is 12.1 Å². The molecule has 0 unspecified atom stereocenters. The van der Waals surface area contributed by atoms with Crippen LogP contribution in [-0.4, -0.2) is 66.6 Å². The monoisotopic (exact) mass is 495 g/mol. The molecular weight excluding hydrogens is 466 g/mol. The topological polar surface area (TPSA) is 105 Å². The molecule has 0 N–H and O–H groups in total. The Morgan fingerprint density at radius 2 is 1.71 bits per heavy atom. The Kier molecular flexibility index (Phi) is 5.96. The summed E-state index contributed by atoms with van der Waals surface area (Å²) in [6.45, 7) is 6.66. The smallest absolute Gasteiger partial charge is 0.330 e. The van der Waals surface area contributed by atoms with E-state index in [9.17, 15) is 13.2 Å². The summed E-state index contributed by atoms with van der Waals surface area (Å²) in [4.78, 5) is 23.9. The summed E-state index contributed by atoms with van der Waals surface area (Å²) in [5, 5.41) is 8.23. The number of hydrogen-bond acceptors (Lipinski definition) is 7. The molecular formula is C24H29N7O3S. The SMILES string of the molecule is CC(C)n1cnnc1-c1cccc(N2CCN(c3ccc(S(C)(=O)=O)c(N4CCCC4)c3)C2=O)n1. The van der Waals surface area contributed by atoms with Crippen LogP contribution in [0.5, 0.6) is 0 Å². The zero-order chi connectivity index (χ0) is 24.7. The number of aromatic nitrogens is 4. The van der Waals surface area contributed by atoms with Gasteiger partial charge >= 0.3 is 6.03 Å². The van der Waals surface area contributed by atoms with Crippen molar-refractivity contribution in [3.05, 3.63) is 42.7 Å². The zero-order valence-corrected chi connectivity index (χ0v) is 20.9. The molecule has 2 aliphatic rings. The number of amides is 2. The van der Waals surface area contributed by atoms with Gasteiger partial charge in [-0.05, 0) is 57.0 Å². The Balaban J connectivity index is 1.44. The third-order valence-electron chi connectivity index (χ3n) is 6.48. The van der Waals surface area contributed by atoms with Crippen molar-refractivity contribution in [1.29, 1.82) is 0 Å². The van der Waals surface area contributed by atoms with Gasteiger partial charge in [0, 0.05) is 44.2 Å². The van der Waals surface area contributed by atoms with Crippen molar-refractivity contribution in [2.75, 3.05) is 47.1 Å². The molecule has 2 aromatic heterocycles. The number of carbonyl (C=O) groups is 1. The maximum Gasteiger partial charge on any atom is 0.330 e. The first-order valence-corrected chi connectivity index (χ1v) is 13.7. The highest BCUT2D eigenvalue weighted by Crippen LogP contribution is 2.34. The summed E-state index contributed by atoms with van der Waals surface area (Å²) in [5.41, 5.74) is 2.00. The Morgan fingerprint density at radius 3 is 2.43 bits per heavy atom. The lowest BCUT2D eigenvalue weighted by Crippen LogP contribution is -2.32. The molecule has 184 valence electrons. The summed E-state index contributed by atoms with van der Waals surface area (Å²) < 4.78 is 26.7. The van der Waals surface area contributed by atoms with E-state index in [0.717, 1.165) is 25.9 Å². The van der Waals surface area contributed by atoms with E-state index in [2.05, 4.69) is 15.1 Å². The molecule has 0 bridgehead atoms. The van der Waals surface area contributed by atoms with Crippen LogP contribution in [0.25, 0.3) is 11.5 Å². The minimum absolute atomic E-state index is 0.175. The van der Waals surface area contributed by atoms with Gasteiger partial charge < -0.3 is 9.47 Å². The van der Waals surface area contributed by atoms with Gasteiger partial charge in [0.05, 0.1) is 10.6 Å². The number of pyridine rings is 1. The highest BCUT2D eigenvalue weighted by atomic mass is 32.2. The van der Waals surface area contributed by atoms with Crippen LogP contribution in [0.3, 0.4) is 0 Å². The third kappa shape index (κ3) is 4.36. The van der Waals surface area contributed by atoms with Gasteiger partial charge in [-0.2, -0.15) is 0 Å². The van der Waals surface area contributed by atoms with Crippen LogP contribution in [0.4, 0.5) is 22.0 Å². The molecule has 0 aliphatic carbocycles. The maximum absolute atomic E-state index is 13.4. The van der Waals surface area contributed by atoms with Crippen molar-refractivity contribution in [1.82, 2.24) is 19.7 Å². The molecule has 0 saturated carbocycles. The average Bonchev–Trinajstić information content (AvgIpc) is 3.59. The molecule has 3 aromatic rings. The van der Waals surface area contributed by atoms with Crippen molar-refractivity contribution in [3.63, 3.8) is 0 Å². The van der Waals surface area contributed by atoms with E-state index in [1.54, 1.807) is 28.3 Å². The summed E-state index contributed by atoms with van der Waals surface area (Å²) in [5.74, 6) is 1.19. The van der Waals surface area contributed by atoms with Crippen molar-refractivity contribution in [2.45, 2.75) is 37.6 Å². The predicted molar refractivity (Wildman–Crippen MR) is 135 cm³/mol. The Morgan fingerprint density at radius 1 is 0.971 bits per heavy atom. The van der Waals surface area contributed by atoms with Crippen molar-refractivity contribution in [2.24, 2.45) is 0 Å². The van der Waals surface area contributed by atoms with Crippen LogP contribution >= 0.6 is 0 Å². The maximum atomic E-state index is 13.4. The fourth-order valence-corrected chi connectivity index (χ4v) is 5.57. The number of sulfone groups is 1. The van der Waals surface area contributed by atoms with Crippen molar-refractivity contribution in [3.8, 4) is 11.5 Å². The van der Waals surface area contributed by atoms with E-state index >= 15 is 0 Å². The van der Waals surface area contributed by atoms with E-state index < -0.39 is 9.84 Å².